The fourth-order valence-electron chi connectivity index (χ4n) is 2.55. The Bertz CT molecular complexity index is 504. The van der Waals surface area contributed by atoms with E-state index in [0.717, 1.165) is 6.42 Å². The minimum atomic E-state index is -0.464. The van der Waals surface area contributed by atoms with Crippen molar-refractivity contribution in [2.75, 3.05) is 0 Å². The second-order valence-electron chi connectivity index (χ2n) is 5.67. The molecule has 1 N–H and O–H groups in total. The standard InChI is InChI=1S/C15H22N4O2/c1-4-6-11-14(20)18-13(10(2)3)15(21)19(11)9-12-16-7-5-8-17-12/h5,7-8,10-11,13H,4,6,9H2,1-3H3,(H,18,20). The largest absolute Gasteiger partial charge is 0.342 e. The zero-order valence-corrected chi connectivity index (χ0v) is 12.7. The van der Waals surface area contributed by atoms with E-state index in [1.54, 1.807) is 23.4 Å². The first-order valence-electron chi connectivity index (χ1n) is 7.41. The van der Waals surface area contributed by atoms with Crippen LogP contribution in [-0.2, 0) is 16.1 Å². The quantitative estimate of drug-likeness (QED) is 0.882. The lowest BCUT2D eigenvalue weighted by molar-refractivity contribution is -0.151. The molecule has 114 valence electrons. The van der Waals surface area contributed by atoms with E-state index in [-0.39, 0.29) is 24.3 Å². The molecule has 1 fully saturated rings. The fourth-order valence-corrected chi connectivity index (χ4v) is 2.55. The molecule has 2 atom stereocenters. The Balaban J connectivity index is 2.25. The van der Waals surface area contributed by atoms with Gasteiger partial charge in [-0.3, -0.25) is 9.59 Å². The predicted molar refractivity (Wildman–Crippen MR) is 78.0 cm³/mol. The summed E-state index contributed by atoms with van der Waals surface area (Å²) in [7, 11) is 0. The van der Waals surface area contributed by atoms with Crippen molar-refractivity contribution in [3.63, 3.8) is 0 Å². The number of piperazine rings is 1. The minimum absolute atomic E-state index is 0.0458. The third kappa shape index (κ3) is 3.37. The molecule has 1 aromatic heterocycles. The molecule has 1 saturated heterocycles. The van der Waals surface area contributed by atoms with Crippen molar-refractivity contribution in [3.05, 3.63) is 24.3 Å². The van der Waals surface area contributed by atoms with E-state index in [1.165, 1.54) is 0 Å². The van der Waals surface area contributed by atoms with Crippen LogP contribution in [0.1, 0.15) is 39.4 Å². The van der Waals surface area contributed by atoms with Gasteiger partial charge in [-0.1, -0.05) is 27.2 Å². The average Bonchev–Trinajstić information content (AvgIpc) is 2.47. The summed E-state index contributed by atoms with van der Waals surface area (Å²) in [5.41, 5.74) is 0. The highest BCUT2D eigenvalue weighted by atomic mass is 16.2. The van der Waals surface area contributed by atoms with Crippen molar-refractivity contribution >= 4 is 11.8 Å². The van der Waals surface area contributed by atoms with Gasteiger partial charge in [-0.2, -0.15) is 0 Å². The zero-order valence-electron chi connectivity index (χ0n) is 12.7. The van der Waals surface area contributed by atoms with E-state index < -0.39 is 12.1 Å². The van der Waals surface area contributed by atoms with Crippen molar-refractivity contribution in [3.8, 4) is 0 Å². The van der Waals surface area contributed by atoms with Crippen LogP contribution in [0.5, 0.6) is 0 Å². The normalized spacial score (nSPS) is 22.6. The van der Waals surface area contributed by atoms with E-state index in [1.807, 2.05) is 20.8 Å². The van der Waals surface area contributed by atoms with Crippen LogP contribution in [0.2, 0.25) is 0 Å². The molecule has 6 nitrogen and oxygen atoms in total. The maximum absolute atomic E-state index is 12.7. The first kappa shape index (κ1) is 15.4. The van der Waals surface area contributed by atoms with Crippen molar-refractivity contribution in [2.45, 2.75) is 52.2 Å². The molecular weight excluding hydrogens is 268 g/mol. The Kier molecular flexibility index (Phi) is 4.88. The third-order valence-electron chi connectivity index (χ3n) is 3.69. The Morgan fingerprint density at radius 2 is 1.95 bits per heavy atom. The van der Waals surface area contributed by atoms with Crippen LogP contribution in [0, 0.1) is 5.92 Å². The lowest BCUT2D eigenvalue weighted by Gasteiger charge is -2.40. The van der Waals surface area contributed by atoms with Crippen LogP contribution in [-0.4, -0.2) is 38.8 Å². The van der Waals surface area contributed by atoms with Crippen LogP contribution in [0.4, 0.5) is 0 Å². The Labute approximate surface area is 125 Å². The van der Waals surface area contributed by atoms with Gasteiger partial charge in [0.1, 0.15) is 17.9 Å². The van der Waals surface area contributed by atoms with Gasteiger partial charge in [-0.25, -0.2) is 9.97 Å². The smallest absolute Gasteiger partial charge is 0.246 e. The first-order chi connectivity index (χ1) is 10.0. The van der Waals surface area contributed by atoms with Gasteiger partial charge in [-0.15, -0.1) is 0 Å². The molecule has 0 bridgehead atoms. The summed E-state index contributed by atoms with van der Waals surface area (Å²) in [4.78, 5) is 34.9. The first-order valence-corrected chi connectivity index (χ1v) is 7.41. The van der Waals surface area contributed by atoms with E-state index in [4.69, 9.17) is 0 Å². The SMILES string of the molecule is CCCC1C(=O)NC(C(C)C)C(=O)N1Cc1ncccn1. The maximum atomic E-state index is 12.7. The van der Waals surface area contributed by atoms with Gasteiger partial charge in [-0.05, 0) is 18.4 Å². The number of carbonyl (C=O) groups excluding carboxylic acids is 2. The van der Waals surface area contributed by atoms with Gasteiger partial charge in [0, 0.05) is 12.4 Å². The lowest BCUT2D eigenvalue weighted by Crippen LogP contribution is -2.64. The van der Waals surface area contributed by atoms with Gasteiger partial charge < -0.3 is 10.2 Å². The topological polar surface area (TPSA) is 75.2 Å². The summed E-state index contributed by atoms with van der Waals surface area (Å²) in [6.45, 7) is 6.14. The molecule has 0 saturated carbocycles. The molecule has 0 aliphatic carbocycles. The van der Waals surface area contributed by atoms with E-state index >= 15 is 0 Å². The zero-order chi connectivity index (χ0) is 15.4. The highest BCUT2D eigenvalue weighted by Gasteiger charge is 2.41. The highest BCUT2D eigenvalue weighted by Crippen LogP contribution is 2.20. The van der Waals surface area contributed by atoms with E-state index in [9.17, 15) is 9.59 Å². The molecule has 2 rings (SSSR count). The molecule has 0 aromatic carbocycles. The number of carbonyl (C=O) groups is 2. The number of nitrogens with zero attached hydrogens (tertiary/aromatic N) is 3. The summed E-state index contributed by atoms with van der Waals surface area (Å²) in [5, 5.41) is 2.85. The predicted octanol–water partition coefficient (Wildman–Crippen LogP) is 1.13. The molecule has 1 aromatic rings. The molecule has 1 aliphatic rings. The van der Waals surface area contributed by atoms with Gasteiger partial charge in [0.05, 0.1) is 6.54 Å². The fraction of sp³-hybridized carbons (Fsp3) is 0.600. The van der Waals surface area contributed by atoms with Crippen LogP contribution >= 0.6 is 0 Å². The van der Waals surface area contributed by atoms with E-state index in [0.29, 0.717) is 12.2 Å². The van der Waals surface area contributed by atoms with Crippen molar-refractivity contribution < 1.29 is 9.59 Å². The molecule has 2 amide bonds. The Morgan fingerprint density at radius 1 is 1.29 bits per heavy atom. The lowest BCUT2D eigenvalue weighted by atomic mass is 9.96. The molecule has 1 aliphatic heterocycles. The molecular formula is C15H22N4O2. The summed E-state index contributed by atoms with van der Waals surface area (Å²) >= 11 is 0. The summed E-state index contributed by atoms with van der Waals surface area (Å²) < 4.78 is 0. The van der Waals surface area contributed by atoms with Gasteiger partial charge >= 0.3 is 0 Å². The Hall–Kier alpha value is -1.98. The second-order valence-corrected chi connectivity index (χ2v) is 5.67. The summed E-state index contributed by atoms with van der Waals surface area (Å²) in [6, 6.07) is 0.838. The molecule has 21 heavy (non-hydrogen) atoms. The molecule has 2 unspecified atom stereocenters. The molecule has 2 heterocycles. The molecule has 6 heteroatoms. The number of hydrogen-bond acceptors (Lipinski definition) is 4. The summed E-state index contributed by atoms with van der Waals surface area (Å²) in [5.74, 6) is 0.494. The van der Waals surface area contributed by atoms with Crippen molar-refractivity contribution in [1.82, 2.24) is 20.2 Å². The van der Waals surface area contributed by atoms with Crippen LogP contribution in [0.15, 0.2) is 18.5 Å². The van der Waals surface area contributed by atoms with Crippen molar-refractivity contribution in [1.29, 1.82) is 0 Å². The minimum Gasteiger partial charge on any atom is -0.342 e. The monoisotopic (exact) mass is 290 g/mol. The van der Waals surface area contributed by atoms with Gasteiger partial charge in [0.2, 0.25) is 11.8 Å². The second kappa shape index (κ2) is 6.65. The van der Waals surface area contributed by atoms with Crippen molar-refractivity contribution in [2.24, 2.45) is 5.92 Å². The molecule has 0 radical (unpaired) electrons. The number of rotatable bonds is 5. The van der Waals surface area contributed by atoms with Gasteiger partial charge in [0.15, 0.2) is 0 Å². The molecule has 0 spiro atoms. The van der Waals surface area contributed by atoms with Crippen LogP contribution < -0.4 is 5.32 Å². The maximum Gasteiger partial charge on any atom is 0.246 e. The summed E-state index contributed by atoms with van der Waals surface area (Å²) in [6.07, 6.45) is 4.77. The highest BCUT2D eigenvalue weighted by molar-refractivity contribution is 5.97. The number of amides is 2. The van der Waals surface area contributed by atoms with Crippen LogP contribution in [0.25, 0.3) is 0 Å². The Morgan fingerprint density at radius 3 is 2.52 bits per heavy atom. The van der Waals surface area contributed by atoms with Crippen LogP contribution in [0.3, 0.4) is 0 Å². The number of hydrogen-bond donors (Lipinski definition) is 1. The average molecular weight is 290 g/mol. The number of nitrogens with one attached hydrogen (secondary N) is 1. The third-order valence-corrected chi connectivity index (χ3v) is 3.69. The number of aromatic nitrogens is 2. The van der Waals surface area contributed by atoms with E-state index in [2.05, 4.69) is 15.3 Å². The van der Waals surface area contributed by atoms with Gasteiger partial charge in [0.25, 0.3) is 0 Å².